The fourth-order valence-electron chi connectivity index (χ4n) is 5.36. The number of aromatic nitrogens is 1. The molecule has 4 heterocycles. The van der Waals surface area contributed by atoms with Gasteiger partial charge in [-0.1, -0.05) is 48.4 Å². The average molecular weight is 508 g/mol. The first kappa shape index (κ1) is 24.7. The van der Waals surface area contributed by atoms with E-state index in [1.165, 1.54) is 16.0 Å². The first-order valence-electron chi connectivity index (χ1n) is 12.5. The zero-order valence-electron chi connectivity index (χ0n) is 21.4. The van der Waals surface area contributed by atoms with E-state index in [0.717, 1.165) is 17.0 Å². The van der Waals surface area contributed by atoms with Gasteiger partial charge in [0.15, 0.2) is 5.60 Å². The van der Waals surface area contributed by atoms with Gasteiger partial charge in [0.05, 0.1) is 23.6 Å². The standard InChI is InChI=1S/C28H33N3O4S/c1-16(2)25(24-12-18(4)29-34-24)27(33)31-15-21(32)13-23(31)22-14-28(5,35-30-22)20-8-6-19(7-9-20)26-17(3)10-11-36-26/h6-12,16,21,23,25,32H,13-15H2,1-5H3/t21-,23+,25+,28?/m1/s1. The number of aliphatic hydroxyl groups excluding tert-OH is 1. The Hall–Kier alpha value is -2.97. The van der Waals surface area contributed by atoms with Crippen LogP contribution in [-0.4, -0.2) is 45.5 Å². The lowest BCUT2D eigenvalue weighted by Gasteiger charge is -2.29. The van der Waals surface area contributed by atoms with E-state index >= 15 is 0 Å². The number of benzene rings is 1. The number of nitrogens with zero attached hydrogens (tertiary/aromatic N) is 3. The number of hydrogen-bond donors (Lipinski definition) is 1. The molecule has 2 aliphatic rings. The lowest BCUT2D eigenvalue weighted by Crippen LogP contribution is -2.44. The molecule has 1 aromatic carbocycles. The largest absolute Gasteiger partial charge is 0.391 e. The zero-order valence-corrected chi connectivity index (χ0v) is 22.2. The number of amides is 1. The summed E-state index contributed by atoms with van der Waals surface area (Å²) in [5, 5.41) is 21.1. The summed E-state index contributed by atoms with van der Waals surface area (Å²) in [4.78, 5) is 22.8. The molecule has 4 atom stereocenters. The molecule has 1 amide bonds. The van der Waals surface area contributed by atoms with E-state index in [1.54, 1.807) is 16.2 Å². The summed E-state index contributed by atoms with van der Waals surface area (Å²) in [6.45, 7) is 10.3. The summed E-state index contributed by atoms with van der Waals surface area (Å²) in [5.74, 6) is 0.0279. The summed E-state index contributed by atoms with van der Waals surface area (Å²) in [7, 11) is 0. The number of rotatable bonds is 6. The van der Waals surface area contributed by atoms with Crippen LogP contribution in [0.4, 0.5) is 0 Å². The number of carbonyl (C=O) groups is 1. The lowest BCUT2D eigenvalue weighted by molar-refractivity contribution is -0.134. The molecule has 1 fully saturated rings. The SMILES string of the molecule is Cc1cc([C@@H](C(=O)N2C[C@H](O)C[C@H]2C2=NOC(C)(c3ccc(-c4sccc4C)cc3)C2)C(C)C)on1. The molecular formula is C28H33N3O4S. The Morgan fingerprint density at radius 3 is 2.58 bits per heavy atom. The van der Waals surface area contributed by atoms with Gasteiger partial charge in [-0.25, -0.2) is 0 Å². The Bertz CT molecular complexity index is 1280. The van der Waals surface area contributed by atoms with Crippen molar-refractivity contribution in [2.75, 3.05) is 6.54 Å². The number of carbonyl (C=O) groups excluding carboxylic acids is 1. The van der Waals surface area contributed by atoms with Crippen molar-refractivity contribution in [1.82, 2.24) is 10.1 Å². The maximum atomic E-state index is 13.8. The van der Waals surface area contributed by atoms with Crippen LogP contribution < -0.4 is 0 Å². The van der Waals surface area contributed by atoms with Crippen molar-refractivity contribution < 1.29 is 19.3 Å². The van der Waals surface area contributed by atoms with Crippen LogP contribution in [0, 0.1) is 19.8 Å². The van der Waals surface area contributed by atoms with E-state index in [1.807, 2.05) is 33.8 Å². The second-order valence-corrected chi connectivity index (χ2v) is 11.5. The molecule has 2 aromatic heterocycles. The second kappa shape index (κ2) is 9.48. The van der Waals surface area contributed by atoms with Crippen molar-refractivity contribution in [3.8, 4) is 10.4 Å². The molecule has 190 valence electrons. The van der Waals surface area contributed by atoms with Crippen molar-refractivity contribution in [3.63, 3.8) is 0 Å². The molecule has 1 saturated heterocycles. The highest BCUT2D eigenvalue weighted by atomic mass is 32.1. The van der Waals surface area contributed by atoms with Gasteiger partial charge in [-0.05, 0) is 54.8 Å². The normalized spacial score (nSPS) is 24.8. The molecule has 8 heteroatoms. The molecule has 36 heavy (non-hydrogen) atoms. The van der Waals surface area contributed by atoms with Gasteiger partial charge in [0.25, 0.3) is 0 Å². The van der Waals surface area contributed by atoms with Crippen LogP contribution in [-0.2, 0) is 15.2 Å². The first-order chi connectivity index (χ1) is 17.2. The minimum atomic E-state index is -0.625. The lowest BCUT2D eigenvalue weighted by atomic mass is 9.87. The molecule has 0 spiro atoms. The maximum absolute atomic E-state index is 13.8. The fourth-order valence-corrected chi connectivity index (χ4v) is 6.30. The number of thiophene rings is 1. The molecule has 0 saturated carbocycles. The molecule has 0 radical (unpaired) electrons. The highest BCUT2D eigenvalue weighted by molar-refractivity contribution is 7.13. The van der Waals surface area contributed by atoms with Crippen LogP contribution in [0.5, 0.6) is 0 Å². The van der Waals surface area contributed by atoms with Crippen LogP contribution in [0.3, 0.4) is 0 Å². The Kier molecular flexibility index (Phi) is 6.51. The molecule has 0 bridgehead atoms. The quantitative estimate of drug-likeness (QED) is 0.482. The van der Waals surface area contributed by atoms with Crippen molar-refractivity contribution in [2.45, 2.75) is 71.1 Å². The average Bonchev–Trinajstić information content (AvgIpc) is 3.62. The van der Waals surface area contributed by atoms with Gasteiger partial charge in [-0.3, -0.25) is 4.79 Å². The van der Waals surface area contributed by atoms with Crippen molar-refractivity contribution >= 4 is 23.0 Å². The smallest absolute Gasteiger partial charge is 0.234 e. The summed E-state index contributed by atoms with van der Waals surface area (Å²) in [6, 6.07) is 12.1. The number of aliphatic hydroxyl groups is 1. The molecule has 1 unspecified atom stereocenters. The van der Waals surface area contributed by atoms with Gasteiger partial charge in [0, 0.05) is 30.3 Å². The third kappa shape index (κ3) is 4.48. The highest BCUT2D eigenvalue weighted by Crippen LogP contribution is 2.40. The number of oxime groups is 1. The van der Waals surface area contributed by atoms with E-state index in [-0.39, 0.29) is 24.4 Å². The van der Waals surface area contributed by atoms with Crippen LogP contribution in [0.15, 0.2) is 51.5 Å². The van der Waals surface area contributed by atoms with Crippen LogP contribution in [0.25, 0.3) is 10.4 Å². The third-order valence-corrected chi connectivity index (χ3v) is 8.40. The summed E-state index contributed by atoms with van der Waals surface area (Å²) >= 11 is 1.74. The molecular weight excluding hydrogens is 474 g/mol. The van der Waals surface area contributed by atoms with Crippen molar-refractivity contribution in [1.29, 1.82) is 0 Å². The summed E-state index contributed by atoms with van der Waals surface area (Å²) in [5.41, 5.74) is 4.40. The fraction of sp³-hybridized carbons (Fsp3) is 0.464. The van der Waals surface area contributed by atoms with Gasteiger partial charge >= 0.3 is 0 Å². The Balaban J connectivity index is 1.35. The van der Waals surface area contributed by atoms with E-state index < -0.39 is 17.6 Å². The summed E-state index contributed by atoms with van der Waals surface area (Å²) < 4.78 is 5.48. The Labute approximate surface area is 215 Å². The molecule has 5 rings (SSSR count). The molecule has 7 nitrogen and oxygen atoms in total. The minimum Gasteiger partial charge on any atom is -0.391 e. The minimum absolute atomic E-state index is 0.0146. The number of likely N-dealkylation sites (tertiary alicyclic amines) is 1. The van der Waals surface area contributed by atoms with Crippen molar-refractivity contribution in [2.24, 2.45) is 11.1 Å². The van der Waals surface area contributed by atoms with Gasteiger partial charge < -0.3 is 19.4 Å². The van der Waals surface area contributed by atoms with Gasteiger partial charge in [-0.2, -0.15) is 0 Å². The Morgan fingerprint density at radius 1 is 1.22 bits per heavy atom. The van der Waals surface area contributed by atoms with E-state index in [0.29, 0.717) is 18.6 Å². The van der Waals surface area contributed by atoms with Crippen LogP contribution in [0.1, 0.15) is 62.1 Å². The molecule has 0 aliphatic carbocycles. The van der Waals surface area contributed by atoms with E-state index in [2.05, 4.69) is 52.9 Å². The van der Waals surface area contributed by atoms with Gasteiger partial charge in [0.2, 0.25) is 5.91 Å². The number of hydrogen-bond acceptors (Lipinski definition) is 7. The van der Waals surface area contributed by atoms with Gasteiger partial charge in [0.1, 0.15) is 11.7 Å². The predicted octanol–water partition coefficient (Wildman–Crippen LogP) is 5.41. The zero-order chi connectivity index (χ0) is 25.6. The first-order valence-corrected chi connectivity index (χ1v) is 13.4. The monoisotopic (exact) mass is 507 g/mol. The van der Waals surface area contributed by atoms with Crippen LogP contribution in [0.2, 0.25) is 0 Å². The highest BCUT2D eigenvalue weighted by Gasteiger charge is 2.46. The second-order valence-electron chi connectivity index (χ2n) is 10.6. The molecule has 3 aromatic rings. The maximum Gasteiger partial charge on any atom is 0.234 e. The van der Waals surface area contributed by atoms with Gasteiger partial charge in [-0.15, -0.1) is 11.3 Å². The number of aryl methyl sites for hydroxylation is 2. The van der Waals surface area contributed by atoms with E-state index in [9.17, 15) is 9.90 Å². The number of β-amino-alcohol motifs (C(OH)–C–C–N with tert-alkyl or cyclic N) is 1. The van der Waals surface area contributed by atoms with Crippen LogP contribution >= 0.6 is 11.3 Å². The molecule has 1 N–H and O–H groups in total. The predicted molar refractivity (Wildman–Crippen MR) is 140 cm³/mol. The molecule has 2 aliphatic heterocycles. The Morgan fingerprint density at radius 2 is 1.97 bits per heavy atom. The topological polar surface area (TPSA) is 88.2 Å². The third-order valence-electron chi connectivity index (χ3n) is 7.33. The summed E-state index contributed by atoms with van der Waals surface area (Å²) in [6.07, 6.45) is 0.395. The van der Waals surface area contributed by atoms with Crippen molar-refractivity contribution in [3.05, 3.63) is 64.4 Å². The van der Waals surface area contributed by atoms with E-state index in [4.69, 9.17) is 9.36 Å².